The molecule has 0 spiro atoms. The fourth-order valence-corrected chi connectivity index (χ4v) is 16.2. The molecule has 0 aliphatic carbocycles. The van der Waals surface area contributed by atoms with Gasteiger partial charge in [-0.3, -0.25) is 72.2 Å². The van der Waals surface area contributed by atoms with Crippen molar-refractivity contribution in [2.75, 3.05) is 33.5 Å². The van der Waals surface area contributed by atoms with E-state index in [1.54, 1.807) is 103 Å². The first-order chi connectivity index (χ1) is 59.9. The number of hydrogen-bond acceptors (Lipinski definition) is 31. The number of imide groups is 3. The van der Waals surface area contributed by atoms with Gasteiger partial charge in [-0.25, -0.2) is 0 Å². The number of esters is 6. The molecule has 0 N–H and O–H groups in total. The van der Waals surface area contributed by atoms with E-state index in [2.05, 4.69) is 10.0 Å². The van der Waals surface area contributed by atoms with Crippen LogP contribution in [0.4, 0.5) is 0 Å². The van der Waals surface area contributed by atoms with Crippen LogP contribution in [-0.4, -0.2) is 242 Å². The van der Waals surface area contributed by atoms with Gasteiger partial charge in [-0.2, -0.15) is 0 Å². The number of methoxy groups -OCH3 is 1. The van der Waals surface area contributed by atoms with Crippen LogP contribution in [0.1, 0.15) is 120 Å². The average molecular weight is 1710 g/mol. The summed E-state index contributed by atoms with van der Waals surface area (Å²) in [6, 6.07) is 41.3. The van der Waals surface area contributed by atoms with E-state index in [-0.39, 0.29) is 59.0 Å². The van der Waals surface area contributed by atoms with Crippen LogP contribution in [0.25, 0.3) is 10.4 Å². The topological polar surface area (TPSA) is 429 Å². The van der Waals surface area contributed by atoms with Gasteiger partial charge in [0.1, 0.15) is 85.0 Å². The summed E-state index contributed by atoms with van der Waals surface area (Å²) in [6.07, 6.45) is -31.3. The summed E-state index contributed by atoms with van der Waals surface area (Å²) < 4.78 is 118. The number of nitrogens with zero attached hydrogens (tertiary/aromatic N) is 6. The van der Waals surface area contributed by atoms with Gasteiger partial charge in [0.05, 0.1) is 80.1 Å². The average Bonchev–Trinajstić information content (AvgIpc) is 1.48. The molecule has 7 aromatic carbocycles. The Kier molecular flexibility index (Phi) is 27.7. The molecule has 20 atom stereocenters. The maximum atomic E-state index is 15.9. The van der Waals surface area contributed by atoms with Gasteiger partial charge in [-0.15, -0.1) is 0 Å². The number of carbonyl (C=O) groups excluding carboxylic acids is 12. The van der Waals surface area contributed by atoms with Crippen molar-refractivity contribution in [3.05, 3.63) is 249 Å². The second kappa shape index (κ2) is 39.2. The summed E-state index contributed by atoms with van der Waals surface area (Å²) in [5, 5.41) is 3.93. The lowest BCUT2D eigenvalue weighted by molar-refractivity contribution is -0.369. The third-order valence-corrected chi connectivity index (χ3v) is 21.3. The molecule has 6 amide bonds. The smallest absolute Gasteiger partial charge is 0.303 e. The molecule has 36 heteroatoms. The molecule has 7 heterocycles. The third-order valence-electron chi connectivity index (χ3n) is 21.3. The molecule has 7 aliphatic rings. The molecule has 36 nitrogen and oxygen atoms in total. The predicted molar refractivity (Wildman–Crippen MR) is 421 cm³/mol. The van der Waals surface area contributed by atoms with Crippen LogP contribution >= 0.6 is 0 Å². The van der Waals surface area contributed by atoms with E-state index in [0.29, 0.717) is 32.2 Å². The van der Waals surface area contributed by atoms with Gasteiger partial charge < -0.3 is 85.3 Å². The molecule has 4 fully saturated rings. The van der Waals surface area contributed by atoms with E-state index < -0.39 is 220 Å². The molecule has 0 bridgehead atoms. The van der Waals surface area contributed by atoms with Gasteiger partial charge in [0.25, 0.3) is 35.4 Å². The number of benzene rings is 7. The van der Waals surface area contributed by atoms with E-state index in [4.69, 9.17) is 85.3 Å². The van der Waals surface area contributed by atoms with Gasteiger partial charge in [0.2, 0.25) is 6.29 Å². The Hall–Kier alpha value is -12.7. The maximum absolute atomic E-state index is 15.9. The van der Waals surface area contributed by atoms with Crippen LogP contribution in [0.5, 0.6) is 11.5 Å². The number of azide groups is 1. The van der Waals surface area contributed by atoms with Gasteiger partial charge in [-0.05, 0) is 82.9 Å². The fourth-order valence-electron chi connectivity index (χ4n) is 16.2. The highest BCUT2D eigenvalue weighted by Gasteiger charge is 2.65. The van der Waals surface area contributed by atoms with Crippen LogP contribution in [0.15, 0.2) is 193 Å². The number of amides is 6. The van der Waals surface area contributed by atoms with E-state index in [9.17, 15) is 34.3 Å². The van der Waals surface area contributed by atoms with Crippen LogP contribution in [0.3, 0.4) is 0 Å². The lowest BCUT2D eigenvalue weighted by atomic mass is 9.91. The highest BCUT2D eigenvalue weighted by Crippen LogP contribution is 2.45. The normalized spacial score (nSPS) is 27.5. The molecular weight excluding hydrogens is 1620 g/mol. The van der Waals surface area contributed by atoms with Gasteiger partial charge in [-0.1, -0.05) is 133 Å². The van der Waals surface area contributed by atoms with Gasteiger partial charge >= 0.3 is 35.8 Å². The fraction of sp³-hybridized carbons (Fsp3) is 0.386. The Bertz CT molecular complexity index is 5070. The summed E-state index contributed by atoms with van der Waals surface area (Å²) >= 11 is 0. The van der Waals surface area contributed by atoms with Crippen molar-refractivity contribution in [1.82, 2.24) is 14.7 Å². The second-order valence-electron chi connectivity index (χ2n) is 29.7. The first kappa shape index (κ1) is 87.6. The number of hydrogen-bond donors (Lipinski definition) is 0. The van der Waals surface area contributed by atoms with Crippen LogP contribution in [0, 0.1) is 0 Å². The van der Waals surface area contributed by atoms with Crippen molar-refractivity contribution in [3.63, 3.8) is 0 Å². The Labute approximate surface area is 708 Å². The number of ether oxygens (including phenoxy) is 18. The molecule has 124 heavy (non-hydrogen) atoms. The Morgan fingerprint density at radius 1 is 0.339 bits per heavy atom. The van der Waals surface area contributed by atoms with E-state index in [0.717, 1.165) is 46.4 Å². The molecule has 0 unspecified atom stereocenters. The Morgan fingerprint density at radius 2 is 0.621 bits per heavy atom. The van der Waals surface area contributed by atoms with Crippen molar-refractivity contribution >= 4 is 71.3 Å². The molecule has 7 aliphatic heterocycles. The zero-order valence-electron chi connectivity index (χ0n) is 67.8. The van der Waals surface area contributed by atoms with Crippen molar-refractivity contribution in [3.8, 4) is 11.5 Å². The monoisotopic (exact) mass is 1710 g/mol. The SMILES string of the molecule is COc1ccc(O[C@@H]2O[C@H](COCc3ccccc3)[C@@H](O[C@@H]3O[C@H](COCc4ccccc4)[C@@H](O[C@@H]4O[C@H](COCc5ccccc5)[C@@H](O[C@H]5O[C@H](COC(C)=O)[C@@H](OC(C)=O)[C@H](OC(C)=O)[C@H]5N=[N+]=[N-])[C@H](OC(C)=O)[C@H]4N4C(=O)c5ccccc5C4=O)[C@H](OC(C)=O)[C@H]3N3C(=O)c4ccccc4C3=O)[C@H](OC(C)=O)[C@H]2N2C(=O)c3ccccc3C2=O)cc1. The van der Waals surface area contributed by atoms with Crippen LogP contribution < -0.4 is 9.47 Å². The molecule has 4 saturated heterocycles. The van der Waals surface area contributed by atoms with Crippen molar-refractivity contribution in [1.29, 1.82) is 0 Å². The van der Waals surface area contributed by atoms with E-state index in [1.807, 2.05) is 0 Å². The van der Waals surface area contributed by atoms with Crippen LogP contribution in [0.2, 0.25) is 0 Å². The summed E-state index contributed by atoms with van der Waals surface area (Å²) in [5.74, 6) is -11.7. The highest BCUT2D eigenvalue weighted by molar-refractivity contribution is 6.23. The molecular formula is C88H86N6O30. The number of rotatable bonds is 32. The summed E-state index contributed by atoms with van der Waals surface area (Å²) in [5.41, 5.74) is 11.3. The van der Waals surface area contributed by atoms with Gasteiger partial charge in [0, 0.05) is 46.5 Å². The molecule has 0 saturated carbocycles. The van der Waals surface area contributed by atoms with Crippen molar-refractivity contribution in [2.24, 2.45) is 5.11 Å². The predicted octanol–water partition coefficient (Wildman–Crippen LogP) is 7.67. The molecule has 7 aromatic rings. The maximum Gasteiger partial charge on any atom is 0.303 e. The Balaban J connectivity index is 0.951. The third kappa shape index (κ3) is 19.2. The first-order valence-electron chi connectivity index (χ1n) is 39.6. The quantitative estimate of drug-likeness (QED) is 0.00974. The zero-order chi connectivity index (χ0) is 87.6. The number of fused-ring (bicyclic) bond motifs is 3. The summed E-state index contributed by atoms with van der Waals surface area (Å²) in [7, 11) is 1.44. The van der Waals surface area contributed by atoms with Crippen molar-refractivity contribution in [2.45, 2.75) is 184 Å². The second-order valence-corrected chi connectivity index (χ2v) is 29.7. The Morgan fingerprint density at radius 3 is 0.944 bits per heavy atom. The lowest BCUT2D eigenvalue weighted by Gasteiger charge is -2.53. The standard InChI is InChI=1S/C88H86N6O30/c1-46(95)111-45-66-71(112-47(2)96)75(113-48(3)97)67(90-91-89)85(118-66)122-72-63(42-108-39-52-23-11-8-12-24-52)120-87(69(77(72)115-50(5)99)93-81(103)59-31-19-20-32-60(59)82(93)104)124-74-65(44-110-41-54-27-15-10-16-28-54)121-88(70(78(74)116-51(6)100)94-83(105)61-33-21-22-34-62(61)84(94)106)123-73-64(43-109-40-53-25-13-9-14-26-53)119-86(117-56-37-35-55(107-7)36-38-56)68(76(73)114-49(4)98)92-79(101)57-29-17-18-30-58(57)80(92)102/h8-38,63-78,85-88H,39-45H2,1-7H3/t63-,64-,65-,66-,67-,68-,69-,70-,71-,72-,73-,74-,75-,76-,77-,78-,85-,86-,87+,88+/m1/s1. The van der Waals surface area contributed by atoms with E-state index >= 15 is 28.8 Å². The minimum absolute atomic E-state index is 0.0631. The van der Waals surface area contributed by atoms with Crippen molar-refractivity contribution < 1.29 is 143 Å². The molecule has 648 valence electrons. The van der Waals surface area contributed by atoms with E-state index in [1.165, 1.54) is 92.0 Å². The molecule has 0 aromatic heterocycles. The number of carbonyl (C=O) groups is 12. The van der Waals surface area contributed by atoms with Crippen LogP contribution in [-0.2, 0) is 124 Å². The minimum Gasteiger partial charge on any atom is -0.497 e. The summed E-state index contributed by atoms with van der Waals surface area (Å²) in [6.45, 7) is 2.85. The zero-order valence-corrected chi connectivity index (χ0v) is 67.8. The summed E-state index contributed by atoms with van der Waals surface area (Å²) in [4.78, 5) is 181. The first-order valence-corrected chi connectivity index (χ1v) is 39.6. The minimum atomic E-state index is -2.31. The molecule has 14 rings (SSSR count). The largest absolute Gasteiger partial charge is 0.497 e. The lowest BCUT2D eigenvalue weighted by Crippen LogP contribution is -2.73. The highest BCUT2D eigenvalue weighted by atomic mass is 16.8. The van der Waals surface area contributed by atoms with Gasteiger partial charge in [0.15, 0.2) is 49.4 Å². The molecule has 0 radical (unpaired) electrons.